The molecule has 0 fully saturated rings. The molecule has 2 aromatic carbocycles. The number of carbonyl (C=O) groups is 3. The molecule has 0 spiro atoms. The zero-order valence-electron chi connectivity index (χ0n) is 24.4. The molecule has 0 saturated carbocycles. The number of aliphatic imine (C=N–C) groups is 1. The molecule has 15 heteroatoms. The summed E-state index contributed by atoms with van der Waals surface area (Å²) < 4.78 is 33.8. The van der Waals surface area contributed by atoms with Gasteiger partial charge in [0.25, 0.3) is 5.89 Å². The van der Waals surface area contributed by atoms with Crippen molar-refractivity contribution in [3.05, 3.63) is 66.1 Å². The Morgan fingerprint density at radius 1 is 0.909 bits per heavy atom. The standard InChI is InChI=1S/C29H40N8O6S/c30-16-8-2-5-13-23(37-44(41,42)19-20-10-3-1-4-11-20)27(40)34-18-25(38)35-22(14-9-17-33-29(31)32)26(39)28-36-21-12-6-7-15-24(21)43-28/h1,3-4,6-7,10-12,15,22-23,37H,2,5,8-9,13-14,16-19,30H2,(H,34,40)(H,35,38)(H4,31,32,33)/t22-,23+/m0/s1. The van der Waals surface area contributed by atoms with Gasteiger partial charge in [0, 0.05) is 6.54 Å². The van der Waals surface area contributed by atoms with E-state index in [-0.39, 0.29) is 37.0 Å². The largest absolute Gasteiger partial charge is 0.434 e. The Kier molecular flexibility index (Phi) is 13.3. The van der Waals surface area contributed by atoms with E-state index in [1.807, 2.05) is 0 Å². The van der Waals surface area contributed by atoms with Crippen LogP contribution in [0.3, 0.4) is 0 Å². The number of nitrogens with zero attached hydrogens (tertiary/aromatic N) is 2. The van der Waals surface area contributed by atoms with E-state index in [1.165, 1.54) is 0 Å². The second-order valence-electron chi connectivity index (χ2n) is 10.2. The smallest absolute Gasteiger partial charge is 0.266 e. The molecule has 0 unspecified atom stereocenters. The molecule has 3 aromatic rings. The first-order chi connectivity index (χ1) is 21.1. The predicted molar refractivity (Wildman–Crippen MR) is 167 cm³/mol. The van der Waals surface area contributed by atoms with Gasteiger partial charge in [-0.05, 0) is 49.9 Å². The molecule has 2 amide bonds. The van der Waals surface area contributed by atoms with E-state index >= 15 is 0 Å². The van der Waals surface area contributed by atoms with Crippen LogP contribution in [0, 0.1) is 0 Å². The van der Waals surface area contributed by atoms with Crippen LogP contribution in [0.4, 0.5) is 0 Å². The third-order valence-corrected chi connectivity index (χ3v) is 7.92. The quantitative estimate of drug-likeness (QED) is 0.0469. The number of Topliss-reactive ketones (excluding diaryl/α,β-unsaturated/α-hetero) is 1. The first-order valence-corrected chi connectivity index (χ1v) is 16.0. The lowest BCUT2D eigenvalue weighted by Gasteiger charge is -2.20. The van der Waals surface area contributed by atoms with E-state index in [2.05, 4.69) is 25.3 Å². The molecule has 0 aliphatic heterocycles. The van der Waals surface area contributed by atoms with Gasteiger partial charge in [-0.25, -0.2) is 18.1 Å². The van der Waals surface area contributed by atoms with E-state index in [0.29, 0.717) is 42.5 Å². The summed E-state index contributed by atoms with van der Waals surface area (Å²) in [6.45, 7) is 0.206. The normalized spacial score (nSPS) is 12.8. The maximum atomic E-state index is 13.3. The number of unbranched alkanes of at least 4 members (excludes halogenated alkanes) is 2. The number of sulfonamides is 1. The molecule has 14 nitrogen and oxygen atoms in total. The number of hydrogen-bond acceptors (Lipinski definition) is 9. The lowest BCUT2D eigenvalue weighted by atomic mass is 10.1. The number of para-hydroxylation sites is 2. The van der Waals surface area contributed by atoms with Crippen LogP contribution in [0.2, 0.25) is 0 Å². The summed E-state index contributed by atoms with van der Waals surface area (Å²) in [5.74, 6) is -2.47. The minimum absolute atomic E-state index is 0.101. The second-order valence-corrected chi connectivity index (χ2v) is 11.9. The van der Waals surface area contributed by atoms with Gasteiger partial charge in [0.2, 0.25) is 27.6 Å². The van der Waals surface area contributed by atoms with Gasteiger partial charge in [-0.3, -0.25) is 19.4 Å². The molecule has 238 valence electrons. The summed E-state index contributed by atoms with van der Waals surface area (Å²) in [6.07, 6.45) is 2.72. The number of fused-ring (bicyclic) bond motifs is 1. The summed E-state index contributed by atoms with van der Waals surface area (Å²) in [7, 11) is -3.88. The van der Waals surface area contributed by atoms with Crippen LogP contribution in [0.5, 0.6) is 0 Å². The Labute approximate surface area is 256 Å². The lowest BCUT2D eigenvalue weighted by molar-refractivity contribution is -0.127. The van der Waals surface area contributed by atoms with Crippen molar-refractivity contribution >= 4 is 44.7 Å². The number of nitrogens with two attached hydrogens (primary N) is 3. The maximum Gasteiger partial charge on any atom is 0.266 e. The zero-order valence-corrected chi connectivity index (χ0v) is 25.2. The van der Waals surface area contributed by atoms with Gasteiger partial charge >= 0.3 is 0 Å². The van der Waals surface area contributed by atoms with Crippen molar-refractivity contribution in [3.63, 3.8) is 0 Å². The molecule has 0 bridgehead atoms. The third kappa shape index (κ3) is 11.4. The summed E-state index contributed by atoms with van der Waals surface area (Å²) in [5, 5.41) is 5.11. The molecule has 0 aliphatic carbocycles. The van der Waals surface area contributed by atoms with Crippen LogP contribution >= 0.6 is 0 Å². The van der Waals surface area contributed by atoms with Gasteiger partial charge < -0.3 is 32.3 Å². The summed E-state index contributed by atoms with van der Waals surface area (Å²) in [6, 6.07) is 13.3. The maximum absolute atomic E-state index is 13.3. The van der Waals surface area contributed by atoms with Gasteiger partial charge in [-0.15, -0.1) is 0 Å². The van der Waals surface area contributed by atoms with Crippen molar-refractivity contribution in [3.8, 4) is 0 Å². The Bertz CT molecular complexity index is 1490. The number of benzene rings is 2. The highest BCUT2D eigenvalue weighted by molar-refractivity contribution is 7.88. The van der Waals surface area contributed by atoms with Crippen molar-refractivity contribution in [2.75, 3.05) is 19.6 Å². The predicted octanol–water partition coefficient (Wildman–Crippen LogP) is 0.672. The minimum Gasteiger partial charge on any atom is -0.434 e. The molecule has 3 rings (SSSR count). The van der Waals surface area contributed by atoms with Crippen molar-refractivity contribution in [1.82, 2.24) is 20.3 Å². The van der Waals surface area contributed by atoms with Crippen LogP contribution in [0.1, 0.15) is 54.8 Å². The average molecular weight is 629 g/mol. The first-order valence-electron chi connectivity index (χ1n) is 14.3. The molecule has 0 aliphatic rings. The highest BCUT2D eigenvalue weighted by Gasteiger charge is 2.28. The minimum atomic E-state index is -3.88. The number of rotatable bonds is 19. The number of ketones is 1. The molecule has 0 radical (unpaired) electrons. The molecule has 1 aromatic heterocycles. The fourth-order valence-electron chi connectivity index (χ4n) is 4.40. The summed E-state index contributed by atoms with van der Waals surface area (Å²) in [5.41, 5.74) is 17.8. The molecule has 1 heterocycles. The van der Waals surface area contributed by atoms with E-state index < -0.39 is 46.2 Å². The monoisotopic (exact) mass is 628 g/mol. The Balaban J connectivity index is 1.65. The molecule has 44 heavy (non-hydrogen) atoms. The van der Waals surface area contributed by atoms with Crippen LogP contribution < -0.4 is 32.6 Å². The summed E-state index contributed by atoms with van der Waals surface area (Å²) >= 11 is 0. The van der Waals surface area contributed by atoms with Crippen molar-refractivity contribution < 1.29 is 27.2 Å². The number of amides is 2. The fourth-order valence-corrected chi connectivity index (χ4v) is 5.77. The summed E-state index contributed by atoms with van der Waals surface area (Å²) in [4.78, 5) is 47.4. The van der Waals surface area contributed by atoms with Gasteiger partial charge in [-0.1, -0.05) is 55.3 Å². The van der Waals surface area contributed by atoms with Gasteiger partial charge in [0.1, 0.15) is 11.6 Å². The highest BCUT2D eigenvalue weighted by Crippen LogP contribution is 2.17. The third-order valence-electron chi connectivity index (χ3n) is 6.56. The topological polar surface area (TPSA) is 238 Å². The Morgan fingerprint density at radius 2 is 1.61 bits per heavy atom. The highest BCUT2D eigenvalue weighted by atomic mass is 32.2. The molecule has 2 atom stereocenters. The fraction of sp³-hybridized carbons (Fsp3) is 0.414. The molecular formula is C29H40N8O6S. The number of oxazole rings is 1. The van der Waals surface area contributed by atoms with Gasteiger partial charge in [-0.2, -0.15) is 0 Å². The van der Waals surface area contributed by atoms with Crippen molar-refractivity contribution in [2.24, 2.45) is 22.2 Å². The Hall–Kier alpha value is -4.34. The van der Waals surface area contributed by atoms with Crippen LogP contribution in [0.15, 0.2) is 64.0 Å². The van der Waals surface area contributed by atoms with Gasteiger partial charge in [0.15, 0.2) is 11.5 Å². The van der Waals surface area contributed by atoms with E-state index in [0.717, 1.165) is 6.42 Å². The van der Waals surface area contributed by atoms with E-state index in [1.54, 1.807) is 54.6 Å². The van der Waals surface area contributed by atoms with Crippen LogP contribution in [-0.4, -0.2) is 68.7 Å². The SMILES string of the molecule is NCCCCC[C@@H](NS(=O)(=O)Cc1ccccc1)C(=O)NCC(=O)N[C@@H](CCCN=C(N)N)C(=O)c1nc2ccccc2o1. The number of carbonyl (C=O) groups excluding carboxylic acids is 3. The van der Waals surface area contributed by atoms with Crippen LogP contribution in [0.25, 0.3) is 11.1 Å². The number of nitrogens with one attached hydrogen (secondary N) is 3. The van der Waals surface area contributed by atoms with Crippen molar-refractivity contribution in [2.45, 2.75) is 56.4 Å². The Morgan fingerprint density at radius 3 is 2.32 bits per heavy atom. The number of aromatic nitrogens is 1. The zero-order chi connectivity index (χ0) is 32.0. The molecule has 0 saturated heterocycles. The first kappa shape index (κ1) is 34.2. The average Bonchev–Trinajstić information content (AvgIpc) is 3.43. The lowest BCUT2D eigenvalue weighted by Crippen LogP contribution is -2.51. The molecular weight excluding hydrogens is 588 g/mol. The van der Waals surface area contributed by atoms with E-state index in [4.69, 9.17) is 21.6 Å². The van der Waals surface area contributed by atoms with Crippen LogP contribution in [-0.2, 0) is 25.4 Å². The number of hydrogen-bond donors (Lipinski definition) is 6. The van der Waals surface area contributed by atoms with E-state index in [9.17, 15) is 22.8 Å². The van der Waals surface area contributed by atoms with Gasteiger partial charge in [0.05, 0.1) is 18.3 Å². The number of guanidine groups is 1. The second kappa shape index (κ2) is 17.1. The van der Waals surface area contributed by atoms with Crippen molar-refractivity contribution in [1.29, 1.82) is 0 Å². The molecule has 9 N–H and O–H groups in total.